The number of rotatable bonds is 2. The first kappa shape index (κ1) is 17.8. The zero-order chi connectivity index (χ0) is 19.5. The zero-order valence-electron chi connectivity index (χ0n) is 15.0. The van der Waals surface area contributed by atoms with Gasteiger partial charge in [0.25, 0.3) is 10.0 Å². The highest BCUT2D eigenvalue weighted by molar-refractivity contribution is 7.90. The maximum absolute atomic E-state index is 12.9. The van der Waals surface area contributed by atoms with Crippen molar-refractivity contribution in [2.75, 3.05) is 26.2 Å². The summed E-state index contributed by atoms with van der Waals surface area (Å²) in [4.78, 5) is 2.55. The number of likely N-dealkylation sites (tertiary alicyclic amines) is 1. The highest BCUT2D eigenvalue weighted by Gasteiger charge is 2.46. The number of benzene rings is 2. The molecule has 0 radical (unpaired) electrons. The molecule has 0 spiro atoms. The number of nitrogens with zero attached hydrogens (tertiary/aromatic N) is 3. The smallest absolute Gasteiger partial charge is 0.285 e. The lowest BCUT2D eigenvalue weighted by atomic mass is 10.0. The quantitative estimate of drug-likeness (QED) is 0.737. The third kappa shape index (κ3) is 2.68. The monoisotopic (exact) mass is 417 g/mol. The molecule has 3 heterocycles. The number of fused-ring (bicyclic) bond motifs is 2. The Morgan fingerprint density at radius 3 is 2.14 bits per heavy atom. The van der Waals surface area contributed by atoms with E-state index < -0.39 is 20.0 Å². The molecule has 0 aliphatic carbocycles. The minimum absolute atomic E-state index is 0.164. The summed E-state index contributed by atoms with van der Waals surface area (Å²) in [5, 5.41) is 0. The van der Waals surface area contributed by atoms with E-state index in [0.29, 0.717) is 42.5 Å². The number of amidine groups is 1. The van der Waals surface area contributed by atoms with E-state index in [2.05, 4.69) is 4.40 Å². The predicted octanol–water partition coefficient (Wildman–Crippen LogP) is 1.39. The second kappa shape index (κ2) is 6.13. The van der Waals surface area contributed by atoms with Crippen molar-refractivity contribution in [3.63, 3.8) is 0 Å². The van der Waals surface area contributed by atoms with E-state index in [1.54, 1.807) is 58.9 Å². The molecule has 146 valence electrons. The van der Waals surface area contributed by atoms with Crippen LogP contribution < -0.4 is 0 Å². The highest BCUT2D eigenvalue weighted by Crippen LogP contribution is 2.37. The van der Waals surface area contributed by atoms with Gasteiger partial charge in [-0.15, -0.1) is 4.40 Å². The molecule has 28 heavy (non-hydrogen) atoms. The summed E-state index contributed by atoms with van der Waals surface area (Å²) in [6.07, 6.45) is 0. The Balaban J connectivity index is 1.36. The molecule has 9 heteroatoms. The van der Waals surface area contributed by atoms with Crippen LogP contribution in [0.3, 0.4) is 0 Å². The molecule has 5 rings (SSSR count). The van der Waals surface area contributed by atoms with E-state index in [-0.39, 0.29) is 16.7 Å². The lowest BCUT2D eigenvalue weighted by molar-refractivity contribution is 0.400. The molecule has 2 saturated heterocycles. The van der Waals surface area contributed by atoms with Gasteiger partial charge in [-0.1, -0.05) is 30.3 Å². The second-order valence-electron chi connectivity index (χ2n) is 7.45. The van der Waals surface area contributed by atoms with Crippen LogP contribution in [0.4, 0.5) is 0 Å². The molecule has 3 aliphatic heterocycles. The summed E-state index contributed by atoms with van der Waals surface area (Å²) in [5.41, 5.74) is 0.635. The predicted molar refractivity (Wildman–Crippen MR) is 104 cm³/mol. The van der Waals surface area contributed by atoms with Gasteiger partial charge in [0.2, 0.25) is 10.0 Å². The number of sulfonamides is 2. The van der Waals surface area contributed by atoms with Crippen LogP contribution in [0.5, 0.6) is 0 Å². The van der Waals surface area contributed by atoms with Gasteiger partial charge in [0.15, 0.2) is 5.84 Å². The molecule has 2 aromatic carbocycles. The summed E-state index contributed by atoms with van der Waals surface area (Å²) < 4.78 is 55.9. The third-order valence-electron chi connectivity index (χ3n) is 5.75. The largest absolute Gasteiger partial charge is 0.355 e. The minimum atomic E-state index is -3.65. The second-order valence-corrected chi connectivity index (χ2v) is 11.0. The van der Waals surface area contributed by atoms with E-state index in [0.717, 1.165) is 0 Å². The fraction of sp³-hybridized carbons (Fsp3) is 0.316. The summed E-state index contributed by atoms with van der Waals surface area (Å²) in [6, 6.07) is 15.3. The Morgan fingerprint density at radius 1 is 0.857 bits per heavy atom. The van der Waals surface area contributed by atoms with Gasteiger partial charge in [0.05, 0.1) is 4.90 Å². The van der Waals surface area contributed by atoms with Gasteiger partial charge in [-0.3, -0.25) is 0 Å². The molecule has 0 N–H and O–H groups in total. The average Bonchev–Trinajstić information content (AvgIpc) is 3.33. The zero-order valence-corrected chi connectivity index (χ0v) is 16.6. The molecule has 0 aromatic heterocycles. The van der Waals surface area contributed by atoms with Crippen LogP contribution in [0.15, 0.2) is 68.8 Å². The first-order valence-corrected chi connectivity index (χ1v) is 12.0. The van der Waals surface area contributed by atoms with Crippen molar-refractivity contribution < 1.29 is 16.8 Å². The summed E-state index contributed by atoms with van der Waals surface area (Å²) in [6.45, 7) is 2.10. The lowest BCUT2D eigenvalue weighted by Crippen LogP contribution is -2.35. The molecule has 2 fully saturated rings. The maximum Gasteiger partial charge on any atom is 0.285 e. The summed E-state index contributed by atoms with van der Waals surface area (Å²) in [7, 11) is -7.14. The van der Waals surface area contributed by atoms with Crippen LogP contribution in [-0.2, 0) is 20.0 Å². The molecule has 3 aliphatic rings. The van der Waals surface area contributed by atoms with Crippen LogP contribution in [0.25, 0.3) is 0 Å². The Morgan fingerprint density at radius 2 is 1.46 bits per heavy atom. The van der Waals surface area contributed by atoms with Crippen LogP contribution in [0.1, 0.15) is 5.56 Å². The third-order valence-corrected chi connectivity index (χ3v) is 8.92. The fourth-order valence-electron chi connectivity index (χ4n) is 4.38. The van der Waals surface area contributed by atoms with Crippen molar-refractivity contribution >= 4 is 25.9 Å². The fourth-order valence-corrected chi connectivity index (χ4v) is 7.18. The molecular weight excluding hydrogens is 398 g/mol. The number of hydrogen-bond donors (Lipinski definition) is 0. The van der Waals surface area contributed by atoms with Crippen LogP contribution >= 0.6 is 0 Å². The van der Waals surface area contributed by atoms with Crippen molar-refractivity contribution in [1.82, 2.24) is 9.21 Å². The van der Waals surface area contributed by atoms with Gasteiger partial charge in [-0.25, -0.2) is 8.42 Å². The minimum Gasteiger partial charge on any atom is -0.355 e. The molecule has 0 amide bonds. The van der Waals surface area contributed by atoms with Crippen LogP contribution in [0.2, 0.25) is 0 Å². The molecule has 2 atom stereocenters. The summed E-state index contributed by atoms with van der Waals surface area (Å²) in [5.74, 6) is 0.816. The van der Waals surface area contributed by atoms with E-state index in [1.165, 1.54) is 0 Å². The van der Waals surface area contributed by atoms with Crippen molar-refractivity contribution in [3.8, 4) is 0 Å². The van der Waals surface area contributed by atoms with E-state index >= 15 is 0 Å². The first-order chi connectivity index (χ1) is 13.4. The average molecular weight is 418 g/mol. The highest BCUT2D eigenvalue weighted by atomic mass is 32.2. The Labute approximate surface area is 164 Å². The van der Waals surface area contributed by atoms with Crippen molar-refractivity contribution in [1.29, 1.82) is 0 Å². The van der Waals surface area contributed by atoms with Crippen molar-refractivity contribution in [2.45, 2.75) is 9.79 Å². The molecule has 2 unspecified atom stereocenters. The SMILES string of the molecule is O=S1(=O)N=C(N2CC3CN(S(=O)(=O)c4ccccc4)CC3C2)c2ccccc21. The van der Waals surface area contributed by atoms with Gasteiger partial charge in [-0.05, 0) is 36.1 Å². The molecule has 0 bridgehead atoms. The Kier molecular flexibility index (Phi) is 3.91. The van der Waals surface area contributed by atoms with Gasteiger partial charge in [-0.2, -0.15) is 12.7 Å². The van der Waals surface area contributed by atoms with Crippen molar-refractivity contribution in [2.24, 2.45) is 16.2 Å². The Bertz CT molecular complexity index is 1160. The van der Waals surface area contributed by atoms with Crippen molar-refractivity contribution in [3.05, 3.63) is 60.2 Å². The maximum atomic E-state index is 12.9. The molecular formula is C19H19N3O4S2. The van der Waals surface area contributed by atoms with E-state index in [1.807, 2.05) is 4.90 Å². The topological polar surface area (TPSA) is 87.1 Å². The van der Waals surface area contributed by atoms with E-state index in [9.17, 15) is 16.8 Å². The first-order valence-electron chi connectivity index (χ1n) is 9.11. The standard InChI is InChI=1S/C19H19N3O4S2/c23-27(24)18-9-5-4-8-17(18)19(20-27)21-10-14-12-22(13-15(14)11-21)28(25,26)16-6-2-1-3-7-16/h1-9,14-15H,10-13H2. The molecule has 2 aromatic rings. The number of hydrogen-bond acceptors (Lipinski definition) is 5. The summed E-state index contributed by atoms with van der Waals surface area (Å²) >= 11 is 0. The Hall–Kier alpha value is -2.23. The molecule has 0 saturated carbocycles. The van der Waals surface area contributed by atoms with Gasteiger partial charge >= 0.3 is 0 Å². The van der Waals surface area contributed by atoms with Gasteiger partial charge < -0.3 is 4.90 Å². The van der Waals surface area contributed by atoms with Gasteiger partial charge in [0.1, 0.15) is 4.90 Å². The molecule has 7 nitrogen and oxygen atoms in total. The lowest BCUT2D eigenvalue weighted by Gasteiger charge is -2.22. The van der Waals surface area contributed by atoms with Crippen LogP contribution in [-0.4, -0.2) is 58.1 Å². The normalized spacial score (nSPS) is 26.1. The van der Waals surface area contributed by atoms with Crippen LogP contribution in [0, 0.1) is 11.8 Å². The van der Waals surface area contributed by atoms with Gasteiger partial charge in [0, 0.05) is 31.7 Å². The van der Waals surface area contributed by atoms with E-state index in [4.69, 9.17) is 0 Å².